The molecular weight excluding hydrogens is 611 g/mol. The number of aldehydes is 1. The second-order valence-corrected chi connectivity index (χ2v) is 10.3. The molecule has 1 saturated heterocycles. The van der Waals surface area contributed by atoms with Gasteiger partial charge in [0.15, 0.2) is 11.5 Å². The smallest absolute Gasteiger partial charge is 0.247 e. The van der Waals surface area contributed by atoms with Gasteiger partial charge in [-0.2, -0.15) is 0 Å². The molecule has 11 nitrogen and oxygen atoms in total. The Morgan fingerprint density at radius 3 is 2.74 bits per heavy atom. The molecule has 1 aromatic rings. The summed E-state index contributed by atoms with van der Waals surface area (Å²) in [7, 11) is 2.95. The molecule has 38 heavy (non-hydrogen) atoms. The van der Waals surface area contributed by atoms with Gasteiger partial charge in [-0.05, 0) is 53.6 Å². The Bertz CT molecular complexity index is 1010. The van der Waals surface area contributed by atoms with Crippen molar-refractivity contribution in [2.75, 3.05) is 47.1 Å². The van der Waals surface area contributed by atoms with Crippen molar-refractivity contribution in [3.05, 3.63) is 32.9 Å². The number of rotatable bonds is 13. The van der Waals surface area contributed by atoms with Crippen LogP contribution in [0.4, 0.5) is 0 Å². The molecule has 0 saturated carbocycles. The molecule has 12 heteroatoms. The third-order valence-electron chi connectivity index (χ3n) is 6.52. The number of hydrogen-bond donors (Lipinski definition) is 3. The van der Waals surface area contributed by atoms with Crippen molar-refractivity contribution in [3.8, 4) is 11.5 Å². The fraction of sp³-hybridized carbons (Fsp3) is 0.577. The number of carbonyl (C=O) groups excluding carboxylic acids is 3. The van der Waals surface area contributed by atoms with Gasteiger partial charge in [-0.3, -0.25) is 14.4 Å². The second-order valence-electron chi connectivity index (χ2n) is 9.09. The first-order chi connectivity index (χ1) is 18.3. The number of ether oxygens (including phenoxy) is 4. The van der Waals surface area contributed by atoms with Crippen LogP contribution in [-0.2, 0) is 19.1 Å². The standard InChI is InChI=1S/C26H35IN2O9/c1-35-9-5-23(32)29(14-18-4-3-8-37-18)20-12-17(26(34)28-6-7-30)13-21(24(20)33)38-25-19(27)10-16(15-31)11-22(25)36-2/h10-11,13,15,18,20-21,24,30,33H,3-9,12,14H2,1-2H3,(H,28,34)/t18-,20+,21-,24-/m0/s1. The number of carbonyl (C=O) groups is 3. The average molecular weight is 646 g/mol. The zero-order valence-electron chi connectivity index (χ0n) is 21.6. The summed E-state index contributed by atoms with van der Waals surface area (Å²) in [6.07, 6.45) is 1.69. The quantitative estimate of drug-likeness (QED) is 0.212. The lowest BCUT2D eigenvalue weighted by molar-refractivity contribution is -0.141. The minimum Gasteiger partial charge on any atom is -0.493 e. The minimum absolute atomic E-state index is 0.0557. The monoisotopic (exact) mass is 646 g/mol. The predicted molar refractivity (Wildman–Crippen MR) is 145 cm³/mol. The summed E-state index contributed by atoms with van der Waals surface area (Å²) >= 11 is 2.01. The summed E-state index contributed by atoms with van der Waals surface area (Å²) in [6, 6.07) is 2.36. The molecule has 0 unspecified atom stereocenters. The fourth-order valence-electron chi connectivity index (χ4n) is 4.60. The predicted octanol–water partition coefficient (Wildman–Crippen LogP) is 1.07. The Hall–Kier alpha value is -2.26. The molecule has 2 aliphatic rings. The number of aliphatic hydroxyl groups excluding tert-OH is 2. The maximum Gasteiger partial charge on any atom is 0.247 e. The summed E-state index contributed by atoms with van der Waals surface area (Å²) in [5.41, 5.74) is 0.709. The van der Waals surface area contributed by atoms with Crippen molar-refractivity contribution >= 4 is 40.7 Å². The number of aliphatic hydroxyl groups is 2. The van der Waals surface area contributed by atoms with E-state index in [-0.39, 0.29) is 51.2 Å². The van der Waals surface area contributed by atoms with E-state index in [9.17, 15) is 24.6 Å². The topological polar surface area (TPSA) is 144 Å². The Labute approximate surface area is 235 Å². The van der Waals surface area contributed by atoms with Gasteiger partial charge in [-0.15, -0.1) is 0 Å². The molecule has 3 rings (SSSR count). The molecule has 0 radical (unpaired) electrons. The SMILES string of the molecule is COCCC(=O)N(C[C@@H]1CCCO1)[C@@H]1CC(C(=O)NCCO)=C[C@H](Oc2c(I)cc(C=O)cc2OC)[C@H]1O. The van der Waals surface area contributed by atoms with Crippen LogP contribution in [0.2, 0.25) is 0 Å². The van der Waals surface area contributed by atoms with E-state index in [4.69, 9.17) is 18.9 Å². The van der Waals surface area contributed by atoms with Crippen molar-refractivity contribution in [2.24, 2.45) is 0 Å². The molecule has 0 bridgehead atoms. The summed E-state index contributed by atoms with van der Waals surface area (Å²) in [5.74, 6) is -0.0693. The third-order valence-corrected chi connectivity index (χ3v) is 7.32. The van der Waals surface area contributed by atoms with Crippen LogP contribution in [0, 0.1) is 3.57 Å². The number of benzene rings is 1. The minimum atomic E-state index is -1.19. The van der Waals surface area contributed by atoms with E-state index in [2.05, 4.69) is 5.32 Å². The molecular formula is C26H35IN2O9. The lowest BCUT2D eigenvalue weighted by Crippen LogP contribution is -2.56. The van der Waals surface area contributed by atoms with Gasteiger partial charge in [0.05, 0.1) is 42.5 Å². The Kier molecular flexibility index (Phi) is 11.8. The number of nitrogens with zero attached hydrogens (tertiary/aromatic N) is 1. The van der Waals surface area contributed by atoms with Crippen LogP contribution in [-0.4, -0.2) is 105 Å². The summed E-state index contributed by atoms with van der Waals surface area (Å²) in [6.45, 7) is 0.900. The van der Waals surface area contributed by atoms with Crippen LogP contribution in [0.25, 0.3) is 0 Å². The molecule has 3 N–H and O–H groups in total. The highest BCUT2D eigenvalue weighted by molar-refractivity contribution is 14.1. The molecule has 210 valence electrons. The average Bonchev–Trinajstić information content (AvgIpc) is 3.44. The van der Waals surface area contributed by atoms with Crippen molar-refractivity contribution in [1.29, 1.82) is 0 Å². The summed E-state index contributed by atoms with van der Waals surface area (Å²) < 4.78 is 23.1. The van der Waals surface area contributed by atoms with Gasteiger partial charge >= 0.3 is 0 Å². The normalized spacial score (nSPS) is 22.9. The van der Waals surface area contributed by atoms with Gasteiger partial charge in [0.2, 0.25) is 11.8 Å². The van der Waals surface area contributed by atoms with Crippen LogP contribution in [0.5, 0.6) is 11.5 Å². The van der Waals surface area contributed by atoms with Crippen molar-refractivity contribution in [1.82, 2.24) is 10.2 Å². The highest BCUT2D eigenvalue weighted by atomic mass is 127. The molecule has 1 fully saturated rings. The first kappa shape index (κ1) is 30.3. The maximum atomic E-state index is 13.3. The van der Waals surface area contributed by atoms with Crippen LogP contribution < -0.4 is 14.8 Å². The number of methoxy groups -OCH3 is 2. The Morgan fingerprint density at radius 2 is 2.11 bits per heavy atom. The van der Waals surface area contributed by atoms with Gasteiger partial charge in [0, 0.05) is 44.4 Å². The largest absolute Gasteiger partial charge is 0.493 e. The molecule has 4 atom stereocenters. The highest BCUT2D eigenvalue weighted by Gasteiger charge is 2.41. The van der Waals surface area contributed by atoms with Crippen LogP contribution >= 0.6 is 22.6 Å². The van der Waals surface area contributed by atoms with Gasteiger partial charge in [-0.1, -0.05) is 0 Å². The molecule has 1 aliphatic carbocycles. The van der Waals surface area contributed by atoms with Gasteiger partial charge < -0.3 is 39.4 Å². The van der Waals surface area contributed by atoms with E-state index in [0.29, 0.717) is 39.1 Å². The lowest BCUT2D eigenvalue weighted by atomic mass is 9.87. The van der Waals surface area contributed by atoms with Crippen LogP contribution in [0.15, 0.2) is 23.8 Å². The zero-order valence-corrected chi connectivity index (χ0v) is 23.7. The van der Waals surface area contributed by atoms with Gasteiger partial charge in [0.25, 0.3) is 0 Å². The van der Waals surface area contributed by atoms with E-state index in [0.717, 1.165) is 12.8 Å². The molecule has 0 spiro atoms. The van der Waals surface area contributed by atoms with Gasteiger partial charge in [0.1, 0.15) is 18.5 Å². The first-order valence-corrected chi connectivity index (χ1v) is 13.6. The number of amides is 2. The van der Waals surface area contributed by atoms with Crippen molar-refractivity contribution in [3.63, 3.8) is 0 Å². The van der Waals surface area contributed by atoms with E-state index >= 15 is 0 Å². The molecule has 2 amide bonds. The maximum absolute atomic E-state index is 13.3. The van der Waals surface area contributed by atoms with Crippen molar-refractivity contribution in [2.45, 2.75) is 50.0 Å². The Balaban J connectivity index is 1.98. The first-order valence-electron chi connectivity index (χ1n) is 12.5. The third kappa shape index (κ3) is 7.65. The van der Waals surface area contributed by atoms with Crippen LogP contribution in [0.1, 0.15) is 36.0 Å². The number of halogens is 1. The zero-order chi connectivity index (χ0) is 27.7. The van der Waals surface area contributed by atoms with E-state index < -0.39 is 24.2 Å². The lowest BCUT2D eigenvalue weighted by Gasteiger charge is -2.41. The summed E-state index contributed by atoms with van der Waals surface area (Å²) in [5, 5.41) is 23.3. The van der Waals surface area contributed by atoms with Gasteiger partial charge in [-0.25, -0.2) is 0 Å². The molecule has 1 heterocycles. The molecule has 1 aromatic carbocycles. The van der Waals surface area contributed by atoms with Crippen LogP contribution in [0.3, 0.4) is 0 Å². The number of hydrogen-bond acceptors (Lipinski definition) is 9. The molecule has 0 aromatic heterocycles. The number of nitrogens with one attached hydrogen (secondary N) is 1. The van der Waals surface area contributed by atoms with E-state index in [1.165, 1.54) is 26.4 Å². The highest BCUT2D eigenvalue weighted by Crippen LogP contribution is 2.37. The second kappa shape index (κ2) is 14.8. The Morgan fingerprint density at radius 1 is 1.32 bits per heavy atom. The molecule has 1 aliphatic heterocycles. The van der Waals surface area contributed by atoms with E-state index in [1.807, 2.05) is 22.6 Å². The van der Waals surface area contributed by atoms with Crippen molar-refractivity contribution < 1.29 is 43.5 Å². The van der Waals surface area contributed by atoms with E-state index in [1.54, 1.807) is 11.0 Å². The fourth-order valence-corrected chi connectivity index (χ4v) is 5.35. The summed E-state index contributed by atoms with van der Waals surface area (Å²) in [4.78, 5) is 39.1.